The first kappa shape index (κ1) is 19.0. The standard InChI is InChI=1S/C20H20ClN3O3/c1-26-18-7-13-5-6-24(11-15(13)8-19(18)27-2)12-20(25)23-17-9-16(21)4-3-14(17)10-22/h3-4,7-9H,5-6,11-12H2,1-2H3,(H,23,25)/p+1. The fraction of sp³-hybridized carbons (Fsp3) is 0.300. The number of nitriles is 1. The van der Waals surface area contributed by atoms with Crippen LogP contribution in [0.3, 0.4) is 0 Å². The number of rotatable bonds is 5. The highest BCUT2D eigenvalue weighted by Gasteiger charge is 2.24. The zero-order chi connectivity index (χ0) is 19.4. The van der Waals surface area contributed by atoms with Gasteiger partial charge in [-0.2, -0.15) is 5.26 Å². The monoisotopic (exact) mass is 386 g/mol. The van der Waals surface area contributed by atoms with E-state index in [-0.39, 0.29) is 5.91 Å². The summed E-state index contributed by atoms with van der Waals surface area (Å²) in [6.07, 6.45) is 0.860. The number of hydrogen-bond donors (Lipinski definition) is 2. The van der Waals surface area contributed by atoms with Gasteiger partial charge in [-0.15, -0.1) is 0 Å². The Balaban J connectivity index is 1.69. The van der Waals surface area contributed by atoms with Crippen LogP contribution in [0.5, 0.6) is 11.5 Å². The summed E-state index contributed by atoms with van der Waals surface area (Å²) in [7, 11) is 3.24. The van der Waals surface area contributed by atoms with Crippen LogP contribution in [-0.4, -0.2) is 33.2 Å². The highest BCUT2D eigenvalue weighted by molar-refractivity contribution is 6.31. The average molecular weight is 387 g/mol. The van der Waals surface area contributed by atoms with Crippen LogP contribution < -0.4 is 19.7 Å². The molecule has 2 aromatic rings. The maximum Gasteiger partial charge on any atom is 0.279 e. The van der Waals surface area contributed by atoms with Gasteiger partial charge in [0.1, 0.15) is 12.6 Å². The molecule has 1 aliphatic rings. The van der Waals surface area contributed by atoms with Gasteiger partial charge in [0.05, 0.1) is 32.0 Å². The van der Waals surface area contributed by atoms with Gasteiger partial charge in [0.15, 0.2) is 18.0 Å². The molecule has 0 saturated carbocycles. The predicted molar refractivity (Wildman–Crippen MR) is 102 cm³/mol. The van der Waals surface area contributed by atoms with Gasteiger partial charge in [0, 0.05) is 17.0 Å². The summed E-state index contributed by atoms with van der Waals surface area (Å²) in [6.45, 7) is 1.88. The molecule has 0 saturated heterocycles. The van der Waals surface area contributed by atoms with Gasteiger partial charge in [-0.1, -0.05) is 11.6 Å². The van der Waals surface area contributed by atoms with Crippen molar-refractivity contribution < 1.29 is 19.2 Å². The van der Waals surface area contributed by atoms with Crippen molar-refractivity contribution in [2.75, 3.05) is 32.6 Å². The van der Waals surface area contributed by atoms with Gasteiger partial charge in [0.25, 0.3) is 5.91 Å². The van der Waals surface area contributed by atoms with Gasteiger partial charge in [-0.25, -0.2) is 0 Å². The highest BCUT2D eigenvalue weighted by Crippen LogP contribution is 2.31. The summed E-state index contributed by atoms with van der Waals surface area (Å²) < 4.78 is 10.7. The fourth-order valence-electron chi connectivity index (χ4n) is 3.32. The molecule has 1 atom stereocenters. The third-order valence-electron chi connectivity index (χ3n) is 4.68. The first-order chi connectivity index (χ1) is 13.0. The summed E-state index contributed by atoms with van der Waals surface area (Å²) in [6, 6.07) is 10.9. The predicted octanol–water partition coefficient (Wildman–Crippen LogP) is 1.81. The van der Waals surface area contributed by atoms with Crippen LogP contribution in [0.15, 0.2) is 30.3 Å². The van der Waals surface area contributed by atoms with Crippen molar-refractivity contribution in [2.24, 2.45) is 0 Å². The van der Waals surface area contributed by atoms with Crippen LogP contribution in [0, 0.1) is 11.3 Å². The number of fused-ring (bicyclic) bond motifs is 1. The first-order valence-corrected chi connectivity index (χ1v) is 8.98. The molecule has 7 heteroatoms. The lowest BCUT2D eigenvalue weighted by atomic mass is 9.99. The van der Waals surface area contributed by atoms with E-state index in [0.29, 0.717) is 28.6 Å². The van der Waals surface area contributed by atoms with Gasteiger partial charge in [0.2, 0.25) is 0 Å². The first-order valence-electron chi connectivity index (χ1n) is 8.61. The summed E-state index contributed by atoms with van der Waals surface area (Å²) in [4.78, 5) is 13.6. The molecule has 1 heterocycles. The number of nitrogens with zero attached hydrogens (tertiary/aromatic N) is 1. The maximum absolute atomic E-state index is 12.5. The molecule has 1 aliphatic heterocycles. The van der Waals surface area contributed by atoms with Crippen molar-refractivity contribution >= 4 is 23.2 Å². The van der Waals surface area contributed by atoms with Crippen molar-refractivity contribution in [3.8, 4) is 17.6 Å². The molecular formula is C20H21ClN3O3+. The van der Waals surface area contributed by atoms with Crippen LogP contribution in [0.4, 0.5) is 5.69 Å². The van der Waals surface area contributed by atoms with Gasteiger partial charge < -0.3 is 19.7 Å². The number of nitrogens with one attached hydrogen (secondary N) is 2. The average Bonchev–Trinajstić information content (AvgIpc) is 2.66. The zero-order valence-electron chi connectivity index (χ0n) is 15.3. The molecule has 140 valence electrons. The Morgan fingerprint density at radius 1 is 1.22 bits per heavy atom. The van der Waals surface area contributed by atoms with E-state index in [9.17, 15) is 10.1 Å². The summed E-state index contributed by atoms with van der Waals surface area (Å²) in [5, 5.41) is 12.5. The number of methoxy groups -OCH3 is 2. The minimum atomic E-state index is -0.146. The third kappa shape index (κ3) is 4.33. The normalized spacial score (nSPS) is 15.4. The second-order valence-corrected chi connectivity index (χ2v) is 6.87. The number of hydrogen-bond acceptors (Lipinski definition) is 4. The molecule has 0 radical (unpaired) electrons. The molecule has 2 aromatic carbocycles. The van der Waals surface area contributed by atoms with E-state index in [1.807, 2.05) is 12.1 Å². The second-order valence-electron chi connectivity index (χ2n) is 6.43. The molecule has 0 aromatic heterocycles. The Kier molecular flexibility index (Phi) is 5.84. The SMILES string of the molecule is COc1cc2c(cc1OC)C[NH+](CC(=O)Nc1cc(Cl)ccc1C#N)CC2. The topological polar surface area (TPSA) is 75.8 Å². The van der Waals surface area contributed by atoms with E-state index < -0.39 is 0 Å². The molecule has 1 unspecified atom stereocenters. The van der Waals surface area contributed by atoms with E-state index >= 15 is 0 Å². The number of amides is 1. The lowest BCUT2D eigenvalue weighted by Gasteiger charge is -2.26. The van der Waals surface area contributed by atoms with E-state index in [4.69, 9.17) is 21.1 Å². The molecule has 0 aliphatic carbocycles. The Bertz CT molecular complexity index is 908. The molecule has 2 N–H and O–H groups in total. The van der Waals surface area contributed by atoms with Crippen molar-refractivity contribution in [2.45, 2.75) is 13.0 Å². The number of anilines is 1. The Morgan fingerprint density at radius 3 is 2.59 bits per heavy atom. The minimum absolute atomic E-state index is 0.146. The largest absolute Gasteiger partial charge is 0.493 e. The van der Waals surface area contributed by atoms with Crippen LogP contribution >= 0.6 is 11.6 Å². The Labute approximate surface area is 163 Å². The lowest BCUT2D eigenvalue weighted by Crippen LogP contribution is -3.12. The highest BCUT2D eigenvalue weighted by atomic mass is 35.5. The van der Waals surface area contributed by atoms with E-state index in [1.165, 1.54) is 5.56 Å². The Morgan fingerprint density at radius 2 is 1.93 bits per heavy atom. The number of carbonyl (C=O) groups excluding carboxylic acids is 1. The smallest absolute Gasteiger partial charge is 0.279 e. The van der Waals surface area contributed by atoms with E-state index in [0.717, 1.165) is 35.7 Å². The van der Waals surface area contributed by atoms with Crippen LogP contribution in [0.1, 0.15) is 16.7 Å². The van der Waals surface area contributed by atoms with Crippen molar-refractivity contribution in [3.63, 3.8) is 0 Å². The molecule has 0 fully saturated rings. The zero-order valence-corrected chi connectivity index (χ0v) is 16.0. The number of carbonyl (C=O) groups is 1. The quantitative estimate of drug-likeness (QED) is 0.821. The summed E-state index contributed by atoms with van der Waals surface area (Å²) in [5.74, 6) is 1.27. The molecule has 27 heavy (non-hydrogen) atoms. The minimum Gasteiger partial charge on any atom is -0.493 e. The van der Waals surface area contributed by atoms with Gasteiger partial charge in [-0.3, -0.25) is 4.79 Å². The Hall–Kier alpha value is -2.75. The number of ether oxygens (including phenoxy) is 2. The molecule has 0 bridgehead atoms. The third-order valence-corrected chi connectivity index (χ3v) is 4.92. The van der Waals surface area contributed by atoms with Crippen molar-refractivity contribution in [3.05, 3.63) is 52.0 Å². The van der Waals surface area contributed by atoms with Gasteiger partial charge >= 0.3 is 0 Å². The second kappa shape index (κ2) is 8.30. The van der Waals surface area contributed by atoms with Crippen molar-refractivity contribution in [1.82, 2.24) is 0 Å². The molecule has 3 rings (SSSR count). The fourth-order valence-corrected chi connectivity index (χ4v) is 3.49. The number of quaternary nitrogens is 1. The number of benzene rings is 2. The number of halogens is 1. The lowest BCUT2D eigenvalue weighted by molar-refractivity contribution is -0.907. The molecule has 0 spiro atoms. The van der Waals surface area contributed by atoms with Crippen LogP contribution in [0.2, 0.25) is 5.02 Å². The summed E-state index contributed by atoms with van der Waals surface area (Å²) in [5.41, 5.74) is 3.21. The van der Waals surface area contributed by atoms with E-state index in [2.05, 4.69) is 11.4 Å². The van der Waals surface area contributed by atoms with Crippen LogP contribution in [0.25, 0.3) is 0 Å². The van der Waals surface area contributed by atoms with Gasteiger partial charge in [-0.05, 0) is 35.9 Å². The van der Waals surface area contributed by atoms with E-state index in [1.54, 1.807) is 32.4 Å². The maximum atomic E-state index is 12.5. The van der Waals surface area contributed by atoms with Crippen LogP contribution in [-0.2, 0) is 17.8 Å². The van der Waals surface area contributed by atoms with Crippen molar-refractivity contribution in [1.29, 1.82) is 5.26 Å². The summed E-state index contributed by atoms with van der Waals surface area (Å²) >= 11 is 5.97. The molecule has 6 nitrogen and oxygen atoms in total. The molecular weight excluding hydrogens is 366 g/mol. The molecule has 1 amide bonds.